The van der Waals surface area contributed by atoms with E-state index in [1.165, 1.54) is 19.3 Å². The molecule has 0 aliphatic carbocycles. The molecule has 0 saturated carbocycles. The Balaban J connectivity index is 0. The van der Waals surface area contributed by atoms with Crippen LogP contribution in [0.5, 0.6) is 0 Å². The fourth-order valence-corrected chi connectivity index (χ4v) is 1.07. The van der Waals surface area contributed by atoms with Crippen molar-refractivity contribution in [3.8, 4) is 0 Å². The van der Waals surface area contributed by atoms with Crippen molar-refractivity contribution >= 4 is 0 Å². The van der Waals surface area contributed by atoms with Gasteiger partial charge < -0.3 is 4.74 Å². The molecule has 11 heavy (non-hydrogen) atoms. The average molecular weight is 208 g/mol. The molecule has 0 amide bonds. The van der Waals surface area contributed by atoms with Gasteiger partial charge in [-0.15, -0.1) is 0 Å². The van der Waals surface area contributed by atoms with Gasteiger partial charge in [0.2, 0.25) is 0 Å². The number of rotatable bonds is 6. The summed E-state index contributed by atoms with van der Waals surface area (Å²) in [6, 6.07) is 0. The first kappa shape index (κ1) is 14.0. The van der Waals surface area contributed by atoms with Gasteiger partial charge in [0.25, 0.3) is 0 Å². The van der Waals surface area contributed by atoms with Gasteiger partial charge in [-0.05, 0) is 19.8 Å². The van der Waals surface area contributed by atoms with Crippen LogP contribution < -0.4 is 0 Å². The maximum absolute atomic E-state index is 5.49. The van der Waals surface area contributed by atoms with E-state index in [-0.39, 0.29) is 17.1 Å². The number of hydrogen-bond acceptors (Lipinski definition) is 1. The van der Waals surface area contributed by atoms with E-state index in [9.17, 15) is 0 Å². The first-order valence-electron chi connectivity index (χ1n) is 4.46. The molecule has 73 valence electrons. The summed E-state index contributed by atoms with van der Waals surface area (Å²) in [6.45, 7) is 7.34. The van der Waals surface area contributed by atoms with Crippen molar-refractivity contribution in [2.45, 2.75) is 52.6 Å². The van der Waals surface area contributed by atoms with Crippen LogP contribution in [0.2, 0.25) is 0 Å². The van der Waals surface area contributed by atoms with Crippen LogP contribution in [0.25, 0.3) is 0 Å². The minimum Gasteiger partial charge on any atom is -0.379 e. The zero-order chi connectivity index (χ0) is 7.82. The quantitative estimate of drug-likeness (QED) is 0.609. The molecule has 0 saturated heterocycles. The standard InChI is InChI=1S/C9H20O.Cu/c1-4-7-8-9(5-2)10-6-3;/h9H,4-8H2,1-3H3;. The summed E-state index contributed by atoms with van der Waals surface area (Å²) in [4.78, 5) is 0. The van der Waals surface area contributed by atoms with Crippen LogP contribution in [0, 0.1) is 0 Å². The molecule has 0 aliphatic heterocycles. The van der Waals surface area contributed by atoms with E-state index in [2.05, 4.69) is 20.8 Å². The third-order valence-electron chi connectivity index (χ3n) is 1.74. The van der Waals surface area contributed by atoms with Gasteiger partial charge in [-0.3, -0.25) is 0 Å². The predicted octanol–water partition coefficient (Wildman–Crippen LogP) is 2.99. The Morgan fingerprint density at radius 1 is 1.18 bits per heavy atom. The van der Waals surface area contributed by atoms with Gasteiger partial charge in [0.05, 0.1) is 6.10 Å². The molecular weight excluding hydrogens is 188 g/mol. The smallest absolute Gasteiger partial charge is 0.0572 e. The summed E-state index contributed by atoms with van der Waals surface area (Å²) < 4.78 is 5.49. The molecule has 0 bridgehead atoms. The molecule has 0 fully saturated rings. The summed E-state index contributed by atoms with van der Waals surface area (Å²) in [5.74, 6) is 0. The van der Waals surface area contributed by atoms with Gasteiger partial charge in [0, 0.05) is 23.7 Å². The molecule has 0 heterocycles. The normalized spacial score (nSPS) is 12.3. The van der Waals surface area contributed by atoms with Gasteiger partial charge in [0.15, 0.2) is 0 Å². The van der Waals surface area contributed by atoms with Crippen LogP contribution in [0.3, 0.4) is 0 Å². The molecule has 0 aromatic heterocycles. The number of hydrogen-bond donors (Lipinski definition) is 0. The van der Waals surface area contributed by atoms with E-state index in [1.807, 2.05) is 0 Å². The van der Waals surface area contributed by atoms with Gasteiger partial charge in [0.1, 0.15) is 0 Å². The van der Waals surface area contributed by atoms with Gasteiger partial charge in [-0.25, -0.2) is 0 Å². The van der Waals surface area contributed by atoms with Crippen molar-refractivity contribution in [1.29, 1.82) is 0 Å². The minimum atomic E-state index is 0. The van der Waals surface area contributed by atoms with Gasteiger partial charge in [-0.2, -0.15) is 0 Å². The summed E-state index contributed by atoms with van der Waals surface area (Å²) in [6.07, 6.45) is 5.50. The number of ether oxygens (including phenoxy) is 1. The molecule has 1 nitrogen and oxygen atoms in total. The molecule has 0 aromatic rings. The summed E-state index contributed by atoms with van der Waals surface area (Å²) in [5, 5.41) is 0. The van der Waals surface area contributed by atoms with Crippen LogP contribution in [-0.2, 0) is 21.8 Å². The fraction of sp³-hybridized carbons (Fsp3) is 1.00. The van der Waals surface area contributed by atoms with Crippen LogP contribution >= 0.6 is 0 Å². The largest absolute Gasteiger partial charge is 0.379 e. The molecule has 0 rings (SSSR count). The molecule has 1 radical (unpaired) electrons. The Bertz CT molecular complexity index is 66.6. The Morgan fingerprint density at radius 2 is 1.82 bits per heavy atom. The van der Waals surface area contributed by atoms with Gasteiger partial charge in [-0.1, -0.05) is 26.7 Å². The van der Waals surface area contributed by atoms with Crippen molar-refractivity contribution in [2.75, 3.05) is 6.61 Å². The van der Waals surface area contributed by atoms with Crippen molar-refractivity contribution in [3.05, 3.63) is 0 Å². The van der Waals surface area contributed by atoms with E-state index >= 15 is 0 Å². The van der Waals surface area contributed by atoms with Crippen LogP contribution in [0.15, 0.2) is 0 Å². The Morgan fingerprint density at radius 3 is 2.18 bits per heavy atom. The van der Waals surface area contributed by atoms with Crippen LogP contribution in [0.1, 0.15) is 46.5 Å². The second-order valence-electron chi connectivity index (χ2n) is 2.63. The third kappa shape index (κ3) is 8.39. The van der Waals surface area contributed by atoms with E-state index in [4.69, 9.17) is 4.74 Å². The zero-order valence-electron chi connectivity index (χ0n) is 7.82. The second-order valence-corrected chi connectivity index (χ2v) is 2.63. The summed E-state index contributed by atoms with van der Waals surface area (Å²) >= 11 is 0. The predicted molar refractivity (Wildman–Crippen MR) is 45.2 cm³/mol. The fourth-order valence-electron chi connectivity index (χ4n) is 1.07. The topological polar surface area (TPSA) is 9.23 Å². The first-order chi connectivity index (χ1) is 4.85. The summed E-state index contributed by atoms with van der Waals surface area (Å²) in [5.41, 5.74) is 0. The third-order valence-corrected chi connectivity index (χ3v) is 1.74. The van der Waals surface area contributed by atoms with Crippen LogP contribution in [-0.4, -0.2) is 12.7 Å². The van der Waals surface area contributed by atoms with E-state index in [0.717, 1.165) is 13.0 Å². The molecule has 0 aliphatic rings. The van der Waals surface area contributed by atoms with Crippen LogP contribution in [0.4, 0.5) is 0 Å². The Labute approximate surface area is 81.4 Å². The SMILES string of the molecule is CCCCC(CC)OCC.[Cu]. The molecule has 1 atom stereocenters. The van der Waals surface area contributed by atoms with Crippen molar-refractivity contribution in [3.63, 3.8) is 0 Å². The maximum Gasteiger partial charge on any atom is 0.0572 e. The van der Waals surface area contributed by atoms with E-state index < -0.39 is 0 Å². The van der Waals surface area contributed by atoms with Crippen molar-refractivity contribution in [1.82, 2.24) is 0 Å². The zero-order valence-corrected chi connectivity index (χ0v) is 8.76. The molecule has 1 unspecified atom stereocenters. The monoisotopic (exact) mass is 207 g/mol. The number of unbranched alkanes of at least 4 members (excludes halogenated alkanes) is 1. The van der Waals surface area contributed by atoms with Gasteiger partial charge >= 0.3 is 0 Å². The molecule has 2 heteroatoms. The maximum atomic E-state index is 5.49. The van der Waals surface area contributed by atoms with Crippen molar-refractivity contribution < 1.29 is 21.8 Å². The molecule has 0 N–H and O–H groups in total. The molecule has 0 spiro atoms. The Kier molecular flexibility index (Phi) is 13.4. The average Bonchev–Trinajstić information content (AvgIpc) is 1.98. The van der Waals surface area contributed by atoms with Crippen molar-refractivity contribution in [2.24, 2.45) is 0 Å². The van der Waals surface area contributed by atoms with E-state index in [1.54, 1.807) is 0 Å². The summed E-state index contributed by atoms with van der Waals surface area (Å²) in [7, 11) is 0. The second kappa shape index (κ2) is 10.5. The Hall–Kier alpha value is 0.479. The molecule has 0 aromatic carbocycles. The first-order valence-corrected chi connectivity index (χ1v) is 4.46. The van der Waals surface area contributed by atoms with E-state index in [0.29, 0.717) is 6.10 Å². The minimum absolute atomic E-state index is 0. The molecular formula is C9H20CuO.